The molecule has 0 aromatic carbocycles. The molecule has 0 saturated heterocycles. The Bertz CT molecular complexity index is 419. The standard InChI is InChI=1S/C11H15N3O4/c1-14(7-3-4-10(15)16)9-6-5-8(12-13-9)11(17)18-2/h5-6H,3-4,7H2,1-2H3,(H,15,16). The maximum atomic E-state index is 11.1. The van der Waals surface area contributed by atoms with E-state index in [9.17, 15) is 9.59 Å². The van der Waals surface area contributed by atoms with Crippen LogP contribution in [0.5, 0.6) is 0 Å². The van der Waals surface area contributed by atoms with Crippen molar-refractivity contribution in [2.24, 2.45) is 0 Å². The number of carbonyl (C=O) groups is 2. The van der Waals surface area contributed by atoms with E-state index in [4.69, 9.17) is 5.11 Å². The minimum absolute atomic E-state index is 0.109. The summed E-state index contributed by atoms with van der Waals surface area (Å²) >= 11 is 0. The molecule has 0 bridgehead atoms. The number of carboxylic acid groups (broad SMARTS) is 1. The fraction of sp³-hybridized carbons (Fsp3) is 0.455. The van der Waals surface area contributed by atoms with Crippen molar-refractivity contribution in [3.63, 3.8) is 0 Å². The fourth-order valence-corrected chi connectivity index (χ4v) is 1.32. The molecule has 0 aliphatic carbocycles. The summed E-state index contributed by atoms with van der Waals surface area (Å²) in [5, 5.41) is 16.1. The normalized spacial score (nSPS) is 9.89. The molecular formula is C11H15N3O4. The second kappa shape index (κ2) is 6.53. The van der Waals surface area contributed by atoms with Gasteiger partial charge in [-0.3, -0.25) is 4.79 Å². The SMILES string of the molecule is COC(=O)c1ccc(N(C)CCCC(=O)O)nn1. The molecule has 1 heterocycles. The maximum absolute atomic E-state index is 11.1. The van der Waals surface area contributed by atoms with Crippen LogP contribution in [0.25, 0.3) is 0 Å². The summed E-state index contributed by atoms with van der Waals surface area (Å²) in [7, 11) is 3.06. The van der Waals surface area contributed by atoms with Gasteiger partial charge in [0, 0.05) is 20.0 Å². The predicted molar refractivity (Wildman–Crippen MR) is 63.5 cm³/mol. The summed E-state index contributed by atoms with van der Waals surface area (Å²) < 4.78 is 4.51. The van der Waals surface area contributed by atoms with Gasteiger partial charge in [0.2, 0.25) is 0 Å². The van der Waals surface area contributed by atoms with Crippen molar-refractivity contribution in [3.05, 3.63) is 17.8 Å². The van der Waals surface area contributed by atoms with E-state index in [2.05, 4.69) is 14.9 Å². The Morgan fingerprint density at radius 2 is 2.11 bits per heavy atom. The summed E-state index contributed by atoms with van der Waals surface area (Å²) in [5.41, 5.74) is 0.139. The molecular weight excluding hydrogens is 238 g/mol. The lowest BCUT2D eigenvalue weighted by Crippen LogP contribution is -2.21. The van der Waals surface area contributed by atoms with Crippen LogP contribution in [0.3, 0.4) is 0 Å². The predicted octanol–water partition coefficient (Wildman–Crippen LogP) is 0.564. The summed E-state index contributed by atoms with van der Waals surface area (Å²) in [6.07, 6.45) is 0.629. The smallest absolute Gasteiger partial charge is 0.358 e. The van der Waals surface area contributed by atoms with Gasteiger partial charge in [-0.1, -0.05) is 0 Å². The maximum Gasteiger partial charge on any atom is 0.358 e. The third-order valence-corrected chi connectivity index (χ3v) is 2.32. The van der Waals surface area contributed by atoms with Gasteiger partial charge in [0.05, 0.1) is 7.11 Å². The van der Waals surface area contributed by atoms with Gasteiger partial charge < -0.3 is 14.7 Å². The van der Waals surface area contributed by atoms with Gasteiger partial charge in [-0.05, 0) is 18.6 Å². The van der Waals surface area contributed by atoms with Crippen LogP contribution in [0.4, 0.5) is 5.82 Å². The minimum Gasteiger partial charge on any atom is -0.481 e. The van der Waals surface area contributed by atoms with E-state index in [0.29, 0.717) is 18.8 Å². The lowest BCUT2D eigenvalue weighted by molar-refractivity contribution is -0.137. The van der Waals surface area contributed by atoms with Gasteiger partial charge >= 0.3 is 11.9 Å². The number of ether oxygens (including phenoxy) is 1. The van der Waals surface area contributed by atoms with Gasteiger partial charge in [0.25, 0.3) is 0 Å². The molecule has 7 nitrogen and oxygen atoms in total. The lowest BCUT2D eigenvalue weighted by atomic mass is 10.3. The molecule has 0 atom stereocenters. The van der Waals surface area contributed by atoms with Crippen LogP contribution in [0.2, 0.25) is 0 Å². The van der Waals surface area contributed by atoms with Crippen molar-refractivity contribution in [2.75, 3.05) is 25.6 Å². The fourth-order valence-electron chi connectivity index (χ4n) is 1.32. The molecule has 1 rings (SSSR count). The third kappa shape index (κ3) is 4.00. The zero-order valence-electron chi connectivity index (χ0n) is 10.3. The topological polar surface area (TPSA) is 92.6 Å². The van der Waals surface area contributed by atoms with Gasteiger partial charge in [-0.2, -0.15) is 0 Å². The van der Waals surface area contributed by atoms with Crippen LogP contribution in [-0.4, -0.2) is 47.9 Å². The second-order valence-electron chi connectivity index (χ2n) is 3.69. The highest BCUT2D eigenvalue weighted by Crippen LogP contribution is 2.09. The van der Waals surface area contributed by atoms with E-state index in [1.165, 1.54) is 13.2 Å². The molecule has 1 aromatic rings. The molecule has 0 fully saturated rings. The van der Waals surface area contributed by atoms with Crippen molar-refractivity contribution >= 4 is 17.8 Å². The van der Waals surface area contributed by atoms with Crippen molar-refractivity contribution in [3.8, 4) is 0 Å². The number of hydrogen-bond acceptors (Lipinski definition) is 6. The Hall–Kier alpha value is -2.18. The first kappa shape index (κ1) is 13.9. The van der Waals surface area contributed by atoms with Crippen LogP contribution in [0.15, 0.2) is 12.1 Å². The Labute approximate surface area is 104 Å². The van der Waals surface area contributed by atoms with E-state index in [1.807, 2.05) is 0 Å². The molecule has 0 unspecified atom stereocenters. The number of hydrogen-bond donors (Lipinski definition) is 1. The number of aromatic nitrogens is 2. The first-order chi connectivity index (χ1) is 8.54. The van der Waals surface area contributed by atoms with E-state index >= 15 is 0 Å². The molecule has 0 aliphatic rings. The zero-order chi connectivity index (χ0) is 13.5. The summed E-state index contributed by atoms with van der Waals surface area (Å²) in [6, 6.07) is 3.15. The molecule has 0 aliphatic heterocycles. The third-order valence-electron chi connectivity index (χ3n) is 2.32. The van der Waals surface area contributed by atoms with E-state index in [1.54, 1.807) is 18.0 Å². The molecule has 18 heavy (non-hydrogen) atoms. The number of rotatable bonds is 6. The Morgan fingerprint density at radius 3 is 2.61 bits per heavy atom. The molecule has 7 heteroatoms. The van der Waals surface area contributed by atoms with Crippen molar-refractivity contribution in [1.29, 1.82) is 0 Å². The van der Waals surface area contributed by atoms with Crippen molar-refractivity contribution < 1.29 is 19.4 Å². The minimum atomic E-state index is -0.824. The highest BCUT2D eigenvalue weighted by atomic mass is 16.5. The van der Waals surface area contributed by atoms with E-state index in [-0.39, 0.29) is 12.1 Å². The Kier molecular flexibility index (Phi) is 5.04. The van der Waals surface area contributed by atoms with Crippen LogP contribution in [-0.2, 0) is 9.53 Å². The molecule has 98 valence electrons. The van der Waals surface area contributed by atoms with Crippen molar-refractivity contribution in [2.45, 2.75) is 12.8 Å². The summed E-state index contributed by atoms with van der Waals surface area (Å²) in [4.78, 5) is 23.3. The highest BCUT2D eigenvalue weighted by Gasteiger charge is 2.09. The Morgan fingerprint density at radius 1 is 1.39 bits per heavy atom. The number of carboxylic acids is 1. The molecule has 0 amide bonds. The van der Waals surface area contributed by atoms with Crippen molar-refractivity contribution in [1.82, 2.24) is 10.2 Å². The average Bonchev–Trinajstić information content (AvgIpc) is 2.37. The highest BCUT2D eigenvalue weighted by molar-refractivity contribution is 5.86. The largest absolute Gasteiger partial charge is 0.481 e. The number of carbonyl (C=O) groups excluding carboxylic acids is 1. The quantitative estimate of drug-likeness (QED) is 0.740. The monoisotopic (exact) mass is 253 g/mol. The lowest BCUT2D eigenvalue weighted by Gasteiger charge is -2.16. The van der Waals surface area contributed by atoms with Gasteiger partial charge in [-0.15, -0.1) is 10.2 Å². The van der Waals surface area contributed by atoms with Gasteiger partial charge in [-0.25, -0.2) is 4.79 Å². The second-order valence-corrected chi connectivity index (χ2v) is 3.69. The van der Waals surface area contributed by atoms with E-state index < -0.39 is 11.9 Å². The van der Waals surface area contributed by atoms with Crippen LogP contribution in [0.1, 0.15) is 23.3 Å². The average molecular weight is 253 g/mol. The molecule has 1 N–H and O–H groups in total. The number of esters is 1. The number of methoxy groups -OCH3 is 1. The molecule has 0 spiro atoms. The first-order valence-corrected chi connectivity index (χ1v) is 5.39. The van der Waals surface area contributed by atoms with Crippen LogP contribution < -0.4 is 4.90 Å². The van der Waals surface area contributed by atoms with Crippen LogP contribution >= 0.6 is 0 Å². The number of aliphatic carboxylic acids is 1. The molecule has 1 aromatic heterocycles. The Balaban J connectivity index is 2.56. The molecule has 0 radical (unpaired) electrons. The van der Waals surface area contributed by atoms with Gasteiger partial charge in [0.15, 0.2) is 11.5 Å². The number of nitrogens with zero attached hydrogens (tertiary/aromatic N) is 3. The first-order valence-electron chi connectivity index (χ1n) is 5.39. The number of anilines is 1. The van der Waals surface area contributed by atoms with Crippen LogP contribution in [0, 0.1) is 0 Å². The van der Waals surface area contributed by atoms with E-state index in [0.717, 1.165) is 0 Å². The summed E-state index contributed by atoms with van der Waals surface area (Å²) in [5.74, 6) is -0.786. The molecule has 0 saturated carbocycles. The van der Waals surface area contributed by atoms with Gasteiger partial charge in [0.1, 0.15) is 0 Å². The zero-order valence-corrected chi connectivity index (χ0v) is 10.3. The summed E-state index contributed by atoms with van der Waals surface area (Å²) in [6.45, 7) is 0.554.